The minimum Gasteiger partial charge on any atom is -0.491 e. The van der Waals surface area contributed by atoms with E-state index in [1.165, 1.54) is 0 Å². The molecule has 0 saturated heterocycles. The molecule has 142 valence electrons. The quantitative estimate of drug-likeness (QED) is 0.904. The highest BCUT2D eigenvalue weighted by atomic mass is 16.5. The molecule has 1 N–H and O–H groups in total. The molecule has 0 radical (unpaired) electrons. The zero-order valence-corrected chi connectivity index (χ0v) is 16.0. The van der Waals surface area contributed by atoms with Gasteiger partial charge in [0.15, 0.2) is 0 Å². The Morgan fingerprint density at radius 1 is 1.19 bits per heavy atom. The normalized spacial score (nSPS) is 13.2. The fourth-order valence-electron chi connectivity index (χ4n) is 2.94. The van der Waals surface area contributed by atoms with Crippen LogP contribution in [0.2, 0.25) is 0 Å². The summed E-state index contributed by atoms with van der Waals surface area (Å²) < 4.78 is 5.80. The predicted molar refractivity (Wildman–Crippen MR) is 105 cm³/mol. The molecular weight excluding hydrogens is 342 g/mol. The minimum atomic E-state index is -0.151. The van der Waals surface area contributed by atoms with Gasteiger partial charge >= 0.3 is 6.03 Å². The lowest BCUT2D eigenvalue weighted by molar-refractivity contribution is -0.128. The number of carbonyl (C=O) groups is 2. The van der Waals surface area contributed by atoms with E-state index in [0.29, 0.717) is 26.2 Å². The van der Waals surface area contributed by atoms with Gasteiger partial charge in [-0.25, -0.2) is 4.79 Å². The van der Waals surface area contributed by atoms with Crippen LogP contribution in [0.15, 0.2) is 42.5 Å². The molecule has 6 heteroatoms. The zero-order valence-electron chi connectivity index (χ0n) is 16.0. The van der Waals surface area contributed by atoms with Gasteiger partial charge in [0.05, 0.1) is 13.1 Å². The van der Waals surface area contributed by atoms with Crippen LogP contribution in [0.4, 0.5) is 10.5 Å². The third kappa shape index (κ3) is 4.78. The molecule has 1 heterocycles. The first-order valence-corrected chi connectivity index (χ1v) is 9.01. The highest BCUT2D eigenvalue weighted by molar-refractivity contribution is 5.89. The number of fused-ring (bicyclic) bond motifs is 1. The van der Waals surface area contributed by atoms with E-state index in [1.807, 2.05) is 49.4 Å². The largest absolute Gasteiger partial charge is 0.491 e. The maximum atomic E-state index is 12.7. The number of hydrogen-bond donors (Lipinski definition) is 1. The molecule has 27 heavy (non-hydrogen) atoms. The van der Waals surface area contributed by atoms with Gasteiger partial charge in [0.1, 0.15) is 12.4 Å². The SMILES string of the molecule is CC(=O)N(C)Cc1ccc2c(c1)CN(C(=O)Nc1ccc(C)cc1)CCO2. The summed E-state index contributed by atoms with van der Waals surface area (Å²) in [7, 11) is 1.77. The van der Waals surface area contributed by atoms with Crippen molar-refractivity contribution in [2.24, 2.45) is 0 Å². The van der Waals surface area contributed by atoms with Gasteiger partial charge < -0.3 is 19.9 Å². The fraction of sp³-hybridized carbons (Fsp3) is 0.333. The highest BCUT2D eigenvalue weighted by Crippen LogP contribution is 2.25. The molecule has 3 amide bonds. The van der Waals surface area contributed by atoms with Crippen LogP contribution in [-0.4, -0.2) is 41.9 Å². The van der Waals surface area contributed by atoms with Crippen LogP contribution in [0.25, 0.3) is 0 Å². The Labute approximate surface area is 159 Å². The monoisotopic (exact) mass is 367 g/mol. The molecule has 0 spiro atoms. The molecule has 6 nitrogen and oxygen atoms in total. The van der Waals surface area contributed by atoms with E-state index >= 15 is 0 Å². The predicted octanol–water partition coefficient (Wildman–Crippen LogP) is 3.40. The summed E-state index contributed by atoms with van der Waals surface area (Å²) in [6.07, 6.45) is 0. The molecule has 1 aliphatic heterocycles. The summed E-state index contributed by atoms with van der Waals surface area (Å²) in [6.45, 7) is 5.50. The Morgan fingerprint density at radius 3 is 2.63 bits per heavy atom. The third-order valence-electron chi connectivity index (χ3n) is 4.65. The number of urea groups is 1. The lowest BCUT2D eigenvalue weighted by Crippen LogP contribution is -2.36. The van der Waals surface area contributed by atoms with Crippen LogP contribution in [0.3, 0.4) is 0 Å². The summed E-state index contributed by atoms with van der Waals surface area (Å²) in [5.41, 5.74) is 3.87. The number of benzene rings is 2. The number of nitrogens with zero attached hydrogens (tertiary/aromatic N) is 2. The van der Waals surface area contributed by atoms with E-state index < -0.39 is 0 Å². The van der Waals surface area contributed by atoms with E-state index in [2.05, 4.69) is 5.32 Å². The molecule has 0 aromatic heterocycles. The molecule has 0 fully saturated rings. The molecule has 2 aromatic carbocycles. The highest BCUT2D eigenvalue weighted by Gasteiger charge is 2.20. The topological polar surface area (TPSA) is 61.9 Å². The van der Waals surface area contributed by atoms with E-state index in [-0.39, 0.29) is 11.9 Å². The molecule has 3 rings (SSSR count). The van der Waals surface area contributed by atoms with E-state index in [4.69, 9.17) is 4.74 Å². The summed E-state index contributed by atoms with van der Waals surface area (Å²) in [5.74, 6) is 0.801. The summed E-state index contributed by atoms with van der Waals surface area (Å²) in [6, 6.07) is 13.5. The Hall–Kier alpha value is -3.02. The van der Waals surface area contributed by atoms with Gasteiger partial charge in [-0.1, -0.05) is 23.8 Å². The maximum Gasteiger partial charge on any atom is 0.322 e. The smallest absolute Gasteiger partial charge is 0.322 e. The number of aryl methyl sites for hydroxylation is 1. The zero-order chi connectivity index (χ0) is 19.4. The third-order valence-corrected chi connectivity index (χ3v) is 4.65. The van der Waals surface area contributed by atoms with Crippen LogP contribution in [0.5, 0.6) is 5.75 Å². The van der Waals surface area contributed by atoms with Gasteiger partial charge in [0.25, 0.3) is 0 Å². The first kappa shape index (κ1) is 18.8. The van der Waals surface area contributed by atoms with Gasteiger partial charge in [0.2, 0.25) is 5.91 Å². The second-order valence-corrected chi connectivity index (χ2v) is 6.88. The Balaban J connectivity index is 1.72. The van der Waals surface area contributed by atoms with Gasteiger partial charge in [0, 0.05) is 31.8 Å². The Morgan fingerprint density at radius 2 is 1.93 bits per heavy atom. The molecule has 1 aliphatic rings. The van der Waals surface area contributed by atoms with Crippen LogP contribution >= 0.6 is 0 Å². The Bertz CT molecular complexity index is 833. The van der Waals surface area contributed by atoms with Crippen LogP contribution < -0.4 is 10.1 Å². The van der Waals surface area contributed by atoms with Crippen molar-refractivity contribution in [2.75, 3.05) is 25.5 Å². The first-order valence-electron chi connectivity index (χ1n) is 9.01. The molecule has 0 saturated carbocycles. The van der Waals surface area contributed by atoms with Crippen molar-refractivity contribution in [3.8, 4) is 5.75 Å². The van der Waals surface area contributed by atoms with Gasteiger partial charge in [-0.3, -0.25) is 4.79 Å². The van der Waals surface area contributed by atoms with Gasteiger partial charge in [-0.05, 0) is 36.8 Å². The summed E-state index contributed by atoms with van der Waals surface area (Å²) >= 11 is 0. The van der Waals surface area contributed by atoms with E-state index in [0.717, 1.165) is 28.1 Å². The van der Waals surface area contributed by atoms with Crippen LogP contribution in [0, 0.1) is 6.92 Å². The number of hydrogen-bond acceptors (Lipinski definition) is 3. The van der Waals surface area contributed by atoms with Crippen molar-refractivity contribution in [1.29, 1.82) is 0 Å². The number of carbonyl (C=O) groups excluding carboxylic acids is 2. The Kier molecular flexibility index (Phi) is 5.64. The average Bonchev–Trinajstić information content (AvgIpc) is 2.85. The standard InChI is InChI=1S/C21H25N3O3/c1-15-4-7-19(8-5-15)22-21(26)24-10-11-27-20-9-6-17(12-18(20)14-24)13-23(3)16(2)25/h4-9,12H,10-11,13-14H2,1-3H3,(H,22,26). The fourth-order valence-corrected chi connectivity index (χ4v) is 2.94. The van der Waals surface area contributed by atoms with E-state index in [9.17, 15) is 9.59 Å². The second kappa shape index (κ2) is 8.12. The number of nitrogens with one attached hydrogen (secondary N) is 1. The van der Waals surface area contributed by atoms with Gasteiger partial charge in [-0.15, -0.1) is 0 Å². The molecule has 2 aromatic rings. The van der Waals surface area contributed by atoms with Crippen molar-refractivity contribution >= 4 is 17.6 Å². The number of anilines is 1. The molecule has 0 bridgehead atoms. The van der Waals surface area contributed by atoms with Crippen molar-refractivity contribution < 1.29 is 14.3 Å². The van der Waals surface area contributed by atoms with Crippen molar-refractivity contribution in [1.82, 2.24) is 9.80 Å². The van der Waals surface area contributed by atoms with Crippen molar-refractivity contribution in [3.63, 3.8) is 0 Å². The minimum absolute atomic E-state index is 0.0142. The summed E-state index contributed by atoms with van der Waals surface area (Å²) in [4.78, 5) is 27.5. The molecule has 0 atom stereocenters. The second-order valence-electron chi connectivity index (χ2n) is 6.88. The molecule has 0 unspecified atom stereocenters. The number of amides is 3. The lowest BCUT2D eigenvalue weighted by Gasteiger charge is -2.21. The van der Waals surface area contributed by atoms with Crippen LogP contribution in [0.1, 0.15) is 23.6 Å². The lowest BCUT2D eigenvalue weighted by atomic mass is 10.1. The average molecular weight is 367 g/mol. The maximum absolute atomic E-state index is 12.7. The first-order chi connectivity index (χ1) is 12.9. The number of ether oxygens (including phenoxy) is 1. The van der Waals surface area contributed by atoms with Crippen molar-refractivity contribution in [2.45, 2.75) is 26.9 Å². The molecular formula is C21H25N3O3. The van der Waals surface area contributed by atoms with Crippen LogP contribution in [-0.2, 0) is 17.9 Å². The summed E-state index contributed by atoms with van der Waals surface area (Å²) in [5, 5.41) is 2.94. The number of rotatable bonds is 3. The molecule has 0 aliphatic carbocycles. The van der Waals surface area contributed by atoms with Gasteiger partial charge in [-0.2, -0.15) is 0 Å². The van der Waals surface area contributed by atoms with E-state index in [1.54, 1.807) is 23.8 Å². The van der Waals surface area contributed by atoms with Crippen molar-refractivity contribution in [3.05, 3.63) is 59.2 Å².